The van der Waals surface area contributed by atoms with Gasteiger partial charge in [0.25, 0.3) is 0 Å². The van der Waals surface area contributed by atoms with Crippen LogP contribution in [0, 0.1) is 0 Å². The van der Waals surface area contributed by atoms with E-state index in [4.69, 9.17) is 4.98 Å². The Morgan fingerprint density at radius 2 is 1.06 bits per heavy atom. The lowest BCUT2D eigenvalue weighted by molar-refractivity contribution is 0.800. The van der Waals surface area contributed by atoms with Crippen LogP contribution in [0.1, 0.15) is 46.0 Å². The summed E-state index contributed by atoms with van der Waals surface area (Å²) in [6, 6.07) is 47.0. The summed E-state index contributed by atoms with van der Waals surface area (Å²) in [5.41, 5.74) is 9.31. The number of thiophene rings is 1. The maximum Gasteiger partial charge on any atom is 0.0844 e. The van der Waals surface area contributed by atoms with Crippen LogP contribution in [-0.4, -0.2) is 4.98 Å². The van der Waals surface area contributed by atoms with Crippen LogP contribution in [0.2, 0.25) is 0 Å². The third-order valence-corrected chi connectivity index (χ3v) is 12.3. The molecule has 0 amide bonds. The molecule has 0 spiro atoms. The van der Waals surface area contributed by atoms with Crippen molar-refractivity contribution in [2.45, 2.75) is 25.2 Å². The van der Waals surface area contributed by atoms with Crippen molar-refractivity contribution < 1.29 is 0 Å². The van der Waals surface area contributed by atoms with Gasteiger partial charge in [-0.2, -0.15) is 0 Å². The van der Waals surface area contributed by atoms with E-state index in [-0.39, 0.29) is 5.92 Å². The molecule has 0 fully saturated rings. The fourth-order valence-corrected chi connectivity index (χ4v) is 10.1. The van der Waals surface area contributed by atoms with Crippen LogP contribution in [0.4, 0.5) is 0 Å². The Kier molecular flexibility index (Phi) is 5.85. The van der Waals surface area contributed by atoms with Gasteiger partial charge in [0.1, 0.15) is 0 Å². The highest BCUT2D eigenvalue weighted by atomic mass is 32.1. The number of aryl methyl sites for hydroxylation is 1. The summed E-state index contributed by atoms with van der Waals surface area (Å²) in [7, 11) is 0. The molecule has 11 rings (SSSR count). The monoisotopic (exact) mass is 641 g/mol. The molecule has 0 bridgehead atoms. The van der Waals surface area contributed by atoms with E-state index in [1.165, 1.54) is 102 Å². The van der Waals surface area contributed by atoms with Crippen LogP contribution >= 0.6 is 11.3 Å². The van der Waals surface area contributed by atoms with E-state index in [1.807, 2.05) is 11.3 Å². The molecule has 2 aliphatic rings. The number of rotatable bonds is 2. The van der Waals surface area contributed by atoms with Gasteiger partial charge >= 0.3 is 0 Å². The van der Waals surface area contributed by atoms with Crippen molar-refractivity contribution in [1.29, 1.82) is 0 Å². The van der Waals surface area contributed by atoms with Gasteiger partial charge in [-0.15, -0.1) is 11.3 Å². The van der Waals surface area contributed by atoms with Crippen molar-refractivity contribution in [3.8, 4) is 0 Å². The minimum Gasteiger partial charge on any atom is -0.251 e. The van der Waals surface area contributed by atoms with Crippen LogP contribution < -0.4 is 0 Å². The topological polar surface area (TPSA) is 12.9 Å². The number of aromatic nitrogens is 1. The molecule has 230 valence electrons. The third-order valence-electron chi connectivity index (χ3n) is 11.1. The molecule has 0 saturated carbocycles. The van der Waals surface area contributed by atoms with Gasteiger partial charge in [0.05, 0.1) is 10.4 Å². The van der Waals surface area contributed by atoms with Crippen molar-refractivity contribution in [1.82, 2.24) is 4.98 Å². The fraction of sp³-hybridized carbons (Fsp3) is 0.0851. The number of pyridine rings is 1. The molecule has 9 aromatic rings. The summed E-state index contributed by atoms with van der Waals surface area (Å²) in [6.45, 7) is 0. The van der Waals surface area contributed by atoms with Crippen molar-refractivity contribution in [2.75, 3.05) is 0 Å². The van der Waals surface area contributed by atoms with E-state index in [0.29, 0.717) is 0 Å². The summed E-state index contributed by atoms with van der Waals surface area (Å²) >= 11 is 1.90. The Bertz CT molecular complexity index is 2920. The van der Waals surface area contributed by atoms with Crippen LogP contribution in [0.15, 0.2) is 133 Å². The minimum atomic E-state index is 0.195. The second-order valence-electron chi connectivity index (χ2n) is 13.7. The maximum atomic E-state index is 5.67. The number of nitrogens with zero attached hydrogens (tertiary/aromatic N) is 1. The number of allylic oxidation sites excluding steroid dienone is 2. The largest absolute Gasteiger partial charge is 0.251 e. The molecule has 2 heteroatoms. The maximum absolute atomic E-state index is 5.67. The zero-order chi connectivity index (χ0) is 32.1. The van der Waals surface area contributed by atoms with E-state index in [9.17, 15) is 0 Å². The van der Waals surface area contributed by atoms with Gasteiger partial charge in [0.2, 0.25) is 0 Å². The van der Waals surface area contributed by atoms with E-state index < -0.39 is 0 Å². The molecule has 0 saturated heterocycles. The van der Waals surface area contributed by atoms with Gasteiger partial charge < -0.3 is 0 Å². The summed E-state index contributed by atoms with van der Waals surface area (Å²) in [4.78, 5) is 5.67. The lowest BCUT2D eigenvalue weighted by atomic mass is 9.81. The minimum absolute atomic E-state index is 0.195. The van der Waals surface area contributed by atoms with Gasteiger partial charge in [-0.05, 0) is 108 Å². The summed E-state index contributed by atoms with van der Waals surface area (Å²) in [5, 5.41) is 13.4. The van der Waals surface area contributed by atoms with Crippen molar-refractivity contribution >= 4 is 92.3 Å². The first-order chi connectivity index (χ1) is 24.3. The molecular formula is C47H31NS. The van der Waals surface area contributed by atoms with Crippen molar-refractivity contribution in [3.63, 3.8) is 0 Å². The number of benzene rings is 7. The Balaban J connectivity index is 1.14. The van der Waals surface area contributed by atoms with Gasteiger partial charge in [-0.3, -0.25) is 4.98 Å². The van der Waals surface area contributed by atoms with Gasteiger partial charge in [-0.25, -0.2) is 0 Å². The normalized spacial score (nSPS) is 15.8. The van der Waals surface area contributed by atoms with Gasteiger partial charge in [0.15, 0.2) is 0 Å². The molecule has 2 heterocycles. The third kappa shape index (κ3) is 4.02. The summed E-state index contributed by atoms with van der Waals surface area (Å²) in [5.74, 6) is 0.195. The zero-order valence-corrected chi connectivity index (χ0v) is 27.7. The molecule has 49 heavy (non-hydrogen) atoms. The van der Waals surface area contributed by atoms with E-state index in [1.54, 1.807) is 0 Å². The highest BCUT2D eigenvalue weighted by molar-refractivity contribution is 7.26. The SMILES string of the molecule is C1=CC(c2cc3c(sc4ccccc43)c(C3=Cc4c(c5ccccc5c5ccccc45)CC3)n2)Cc2c1c1ccccc1c1ccccc21. The molecule has 1 atom stereocenters. The van der Waals surface area contributed by atoms with Crippen LogP contribution in [0.25, 0.3) is 81.0 Å². The first kappa shape index (κ1) is 27.4. The molecule has 0 radical (unpaired) electrons. The second kappa shape index (κ2) is 10.5. The highest BCUT2D eigenvalue weighted by Crippen LogP contribution is 2.46. The number of hydrogen-bond donors (Lipinski definition) is 0. The molecule has 2 aromatic heterocycles. The van der Waals surface area contributed by atoms with E-state index in [2.05, 4.69) is 146 Å². The molecule has 7 aromatic carbocycles. The van der Waals surface area contributed by atoms with Crippen molar-refractivity contribution in [2.24, 2.45) is 0 Å². The standard InChI is InChI=1S/C47H31NS/c1-3-15-34-30(11-1)32-13-5-7-17-36(32)41-25-28(21-23-38(34)41)44-27-43-40-19-9-10-20-45(40)49-47(43)46(48-44)29-22-24-39-35-16-4-2-12-31(35)33-14-6-8-18-37(33)42(39)26-29/h1-21,23,26-28H,22,24-25H2. The van der Waals surface area contributed by atoms with Crippen molar-refractivity contribution in [3.05, 3.63) is 167 Å². The first-order valence-electron chi connectivity index (χ1n) is 17.4. The Labute approximate surface area is 288 Å². The predicted molar refractivity (Wildman–Crippen MR) is 212 cm³/mol. The van der Waals surface area contributed by atoms with Gasteiger partial charge in [-0.1, -0.05) is 127 Å². The quantitative estimate of drug-likeness (QED) is 0.171. The number of fused-ring (bicyclic) bond motifs is 15. The van der Waals surface area contributed by atoms with E-state index >= 15 is 0 Å². The summed E-state index contributed by atoms with van der Waals surface area (Å²) in [6.07, 6.45) is 10.2. The smallest absolute Gasteiger partial charge is 0.0844 e. The van der Waals surface area contributed by atoms with Crippen LogP contribution in [0.3, 0.4) is 0 Å². The lowest BCUT2D eigenvalue weighted by Gasteiger charge is -2.25. The van der Waals surface area contributed by atoms with Crippen LogP contribution in [0.5, 0.6) is 0 Å². The second-order valence-corrected chi connectivity index (χ2v) is 14.7. The van der Waals surface area contributed by atoms with Gasteiger partial charge in [0, 0.05) is 27.1 Å². The summed E-state index contributed by atoms with van der Waals surface area (Å²) < 4.78 is 2.63. The molecule has 1 unspecified atom stereocenters. The lowest BCUT2D eigenvalue weighted by Crippen LogP contribution is -2.10. The molecule has 0 N–H and O–H groups in total. The Morgan fingerprint density at radius 3 is 1.76 bits per heavy atom. The molecule has 1 nitrogen and oxygen atoms in total. The molecule has 0 aliphatic heterocycles. The highest BCUT2D eigenvalue weighted by Gasteiger charge is 2.26. The first-order valence-corrected chi connectivity index (χ1v) is 18.2. The van der Waals surface area contributed by atoms with E-state index in [0.717, 1.165) is 19.3 Å². The van der Waals surface area contributed by atoms with Crippen LogP contribution in [-0.2, 0) is 12.8 Å². The average Bonchev–Trinajstić information content (AvgIpc) is 3.56. The molecule has 2 aliphatic carbocycles. The zero-order valence-electron chi connectivity index (χ0n) is 26.9. The fourth-order valence-electron chi connectivity index (χ4n) is 8.88. The Morgan fingerprint density at radius 1 is 0.510 bits per heavy atom. The molecular weight excluding hydrogens is 611 g/mol. The Hall–Kier alpha value is -5.57. The average molecular weight is 642 g/mol. The predicted octanol–water partition coefficient (Wildman–Crippen LogP) is 12.9. The number of hydrogen-bond acceptors (Lipinski definition) is 2.